The highest BCUT2D eigenvalue weighted by atomic mass is 16.7. The standard InChI is InChI=1S/C15H14O9/c16-8-5-4-6-2-1-3-7(12(6)23-8)22-15-11(19)9(17)10(18)13(24-15)14(20)21/h1-5,9-11,13,15,17-19H,(H,20,21). The molecule has 3 rings (SSSR count). The molecule has 0 saturated carbocycles. The van der Waals surface area contributed by atoms with Gasteiger partial charge in [0.25, 0.3) is 0 Å². The van der Waals surface area contributed by atoms with Gasteiger partial charge in [0.15, 0.2) is 17.4 Å². The zero-order valence-corrected chi connectivity index (χ0v) is 12.1. The van der Waals surface area contributed by atoms with Gasteiger partial charge in [-0.05, 0) is 12.1 Å². The van der Waals surface area contributed by atoms with E-state index in [1.165, 1.54) is 18.2 Å². The molecule has 2 heterocycles. The average Bonchev–Trinajstić information content (AvgIpc) is 2.55. The van der Waals surface area contributed by atoms with E-state index in [0.717, 1.165) is 0 Å². The van der Waals surface area contributed by atoms with Crippen molar-refractivity contribution in [2.24, 2.45) is 0 Å². The van der Waals surface area contributed by atoms with Crippen LogP contribution in [0.25, 0.3) is 11.0 Å². The highest BCUT2D eigenvalue weighted by Crippen LogP contribution is 2.29. The fourth-order valence-electron chi connectivity index (χ4n) is 2.43. The second kappa shape index (κ2) is 6.21. The van der Waals surface area contributed by atoms with Crippen LogP contribution in [0, 0.1) is 0 Å². The quantitative estimate of drug-likeness (QED) is 0.521. The number of ether oxygens (including phenoxy) is 2. The summed E-state index contributed by atoms with van der Waals surface area (Å²) in [6, 6.07) is 7.40. The number of carboxylic acid groups (broad SMARTS) is 1. The number of carboxylic acids is 1. The van der Waals surface area contributed by atoms with E-state index >= 15 is 0 Å². The first kappa shape index (κ1) is 16.4. The number of aliphatic hydroxyl groups excluding tert-OH is 3. The van der Waals surface area contributed by atoms with Crippen LogP contribution in [0.1, 0.15) is 0 Å². The molecular weight excluding hydrogens is 324 g/mol. The van der Waals surface area contributed by atoms with E-state index < -0.39 is 42.3 Å². The first-order chi connectivity index (χ1) is 11.4. The summed E-state index contributed by atoms with van der Waals surface area (Å²) in [6.07, 6.45) is -8.67. The molecule has 1 aliphatic rings. The molecule has 1 fully saturated rings. The normalized spacial score (nSPS) is 30.2. The lowest BCUT2D eigenvalue weighted by Gasteiger charge is -2.38. The summed E-state index contributed by atoms with van der Waals surface area (Å²) in [7, 11) is 0. The number of aliphatic carboxylic acids is 1. The van der Waals surface area contributed by atoms with E-state index in [-0.39, 0.29) is 11.3 Å². The molecule has 0 spiro atoms. The van der Waals surface area contributed by atoms with Gasteiger partial charge in [-0.3, -0.25) is 0 Å². The van der Waals surface area contributed by atoms with Crippen LogP contribution in [0.2, 0.25) is 0 Å². The Kier molecular flexibility index (Phi) is 4.24. The molecule has 1 aromatic carbocycles. The van der Waals surface area contributed by atoms with Crippen molar-refractivity contribution in [3.8, 4) is 5.75 Å². The Morgan fingerprint density at radius 3 is 2.50 bits per heavy atom. The fraction of sp³-hybridized carbons (Fsp3) is 0.333. The number of aliphatic hydroxyl groups is 3. The van der Waals surface area contributed by atoms with Crippen molar-refractivity contribution in [3.63, 3.8) is 0 Å². The van der Waals surface area contributed by atoms with Crippen LogP contribution in [-0.2, 0) is 9.53 Å². The van der Waals surface area contributed by atoms with E-state index in [1.54, 1.807) is 12.1 Å². The lowest BCUT2D eigenvalue weighted by Crippen LogP contribution is -2.61. The molecule has 1 aliphatic heterocycles. The number of benzene rings is 1. The molecule has 9 heteroatoms. The fourth-order valence-corrected chi connectivity index (χ4v) is 2.43. The maximum atomic E-state index is 11.4. The summed E-state index contributed by atoms with van der Waals surface area (Å²) in [5.74, 6) is -1.51. The number of carbonyl (C=O) groups is 1. The largest absolute Gasteiger partial charge is 0.479 e. The number of fused-ring (bicyclic) bond motifs is 1. The van der Waals surface area contributed by atoms with Gasteiger partial charge in [0.2, 0.25) is 6.29 Å². The summed E-state index contributed by atoms with van der Waals surface area (Å²) in [5, 5.41) is 38.9. The second-order valence-electron chi connectivity index (χ2n) is 5.28. The molecule has 0 bridgehead atoms. The van der Waals surface area contributed by atoms with Crippen LogP contribution < -0.4 is 10.4 Å². The van der Waals surface area contributed by atoms with Gasteiger partial charge in [-0.25, -0.2) is 9.59 Å². The maximum Gasteiger partial charge on any atom is 0.336 e. The lowest BCUT2D eigenvalue weighted by atomic mass is 9.99. The minimum atomic E-state index is -1.82. The molecular formula is C15H14O9. The van der Waals surface area contributed by atoms with Crippen molar-refractivity contribution < 1.29 is 39.1 Å². The Labute approximate surface area is 134 Å². The molecule has 4 N–H and O–H groups in total. The smallest absolute Gasteiger partial charge is 0.336 e. The van der Waals surface area contributed by atoms with Crippen LogP contribution in [0.3, 0.4) is 0 Å². The molecule has 1 aromatic heterocycles. The zero-order chi connectivity index (χ0) is 17.4. The minimum Gasteiger partial charge on any atom is -0.479 e. The van der Waals surface area contributed by atoms with E-state index in [4.69, 9.17) is 19.0 Å². The van der Waals surface area contributed by atoms with Gasteiger partial charge in [-0.15, -0.1) is 0 Å². The number of rotatable bonds is 3. The molecule has 1 saturated heterocycles. The molecule has 9 nitrogen and oxygen atoms in total. The SMILES string of the molecule is O=C(O)C1OC(Oc2cccc3ccc(=O)oc23)C(O)C(O)C1O. The average molecular weight is 338 g/mol. The molecule has 0 radical (unpaired) electrons. The predicted molar refractivity (Wildman–Crippen MR) is 77.4 cm³/mol. The Balaban J connectivity index is 1.94. The van der Waals surface area contributed by atoms with Gasteiger partial charge in [-0.2, -0.15) is 0 Å². The third-order valence-corrected chi connectivity index (χ3v) is 3.67. The van der Waals surface area contributed by atoms with Crippen LogP contribution in [0.15, 0.2) is 39.5 Å². The number of para-hydroxylation sites is 1. The molecule has 5 unspecified atom stereocenters. The van der Waals surface area contributed by atoms with Crippen LogP contribution in [0.5, 0.6) is 5.75 Å². The Morgan fingerprint density at radius 2 is 1.79 bits per heavy atom. The Morgan fingerprint density at radius 1 is 1.04 bits per heavy atom. The molecule has 0 aliphatic carbocycles. The lowest BCUT2D eigenvalue weighted by molar-refractivity contribution is -0.271. The zero-order valence-electron chi connectivity index (χ0n) is 12.1. The highest BCUT2D eigenvalue weighted by Gasteiger charge is 2.48. The monoisotopic (exact) mass is 338 g/mol. The molecule has 0 amide bonds. The maximum absolute atomic E-state index is 11.4. The topological polar surface area (TPSA) is 147 Å². The summed E-state index contributed by atoms with van der Waals surface area (Å²) >= 11 is 0. The van der Waals surface area contributed by atoms with Crippen LogP contribution in [0.4, 0.5) is 0 Å². The van der Waals surface area contributed by atoms with E-state index in [0.29, 0.717) is 5.39 Å². The number of hydrogen-bond donors (Lipinski definition) is 4. The predicted octanol–water partition coefficient (Wildman–Crippen LogP) is -0.936. The first-order valence-corrected chi connectivity index (χ1v) is 7.00. The van der Waals surface area contributed by atoms with Crippen molar-refractivity contribution in [2.45, 2.75) is 30.7 Å². The summed E-state index contributed by atoms with van der Waals surface area (Å²) in [5.41, 5.74) is -0.546. The van der Waals surface area contributed by atoms with Crippen molar-refractivity contribution >= 4 is 16.9 Å². The van der Waals surface area contributed by atoms with Gasteiger partial charge in [0, 0.05) is 11.5 Å². The van der Waals surface area contributed by atoms with Crippen molar-refractivity contribution in [2.75, 3.05) is 0 Å². The summed E-state index contributed by atoms with van der Waals surface area (Å²) in [4.78, 5) is 22.5. The van der Waals surface area contributed by atoms with E-state index in [1.807, 2.05) is 0 Å². The Hall–Kier alpha value is -2.46. The molecule has 24 heavy (non-hydrogen) atoms. The summed E-state index contributed by atoms with van der Waals surface area (Å²) < 4.78 is 15.5. The Bertz CT molecular complexity index is 814. The van der Waals surface area contributed by atoms with Gasteiger partial charge in [0.05, 0.1) is 0 Å². The molecule has 2 aromatic rings. The number of hydrogen-bond acceptors (Lipinski definition) is 8. The van der Waals surface area contributed by atoms with Crippen molar-refractivity contribution in [3.05, 3.63) is 40.8 Å². The minimum absolute atomic E-state index is 0.0157. The van der Waals surface area contributed by atoms with Gasteiger partial charge >= 0.3 is 11.6 Å². The van der Waals surface area contributed by atoms with Crippen molar-refractivity contribution in [1.29, 1.82) is 0 Å². The van der Waals surface area contributed by atoms with Crippen molar-refractivity contribution in [1.82, 2.24) is 0 Å². The third-order valence-electron chi connectivity index (χ3n) is 3.67. The van der Waals surface area contributed by atoms with Gasteiger partial charge in [-0.1, -0.05) is 12.1 Å². The van der Waals surface area contributed by atoms with Crippen LogP contribution >= 0.6 is 0 Å². The van der Waals surface area contributed by atoms with Crippen LogP contribution in [-0.4, -0.2) is 57.1 Å². The van der Waals surface area contributed by atoms with Gasteiger partial charge < -0.3 is 34.3 Å². The van der Waals surface area contributed by atoms with Gasteiger partial charge in [0.1, 0.15) is 18.3 Å². The third kappa shape index (κ3) is 2.85. The van der Waals surface area contributed by atoms with E-state index in [2.05, 4.69) is 0 Å². The van der Waals surface area contributed by atoms with E-state index in [9.17, 15) is 24.9 Å². The summed E-state index contributed by atoms with van der Waals surface area (Å²) in [6.45, 7) is 0. The highest BCUT2D eigenvalue weighted by molar-refractivity contribution is 5.82. The first-order valence-electron chi connectivity index (χ1n) is 7.00. The molecule has 128 valence electrons. The molecule has 5 atom stereocenters. The second-order valence-corrected chi connectivity index (χ2v) is 5.28.